The van der Waals surface area contributed by atoms with Gasteiger partial charge in [-0.05, 0) is 32.4 Å². The van der Waals surface area contributed by atoms with E-state index < -0.39 is 0 Å². The van der Waals surface area contributed by atoms with E-state index in [1.54, 1.807) is 11.3 Å². The van der Waals surface area contributed by atoms with Gasteiger partial charge in [0.25, 0.3) is 0 Å². The van der Waals surface area contributed by atoms with Gasteiger partial charge in [-0.1, -0.05) is 0 Å². The van der Waals surface area contributed by atoms with Crippen LogP contribution in [0.1, 0.15) is 36.4 Å². The highest BCUT2D eigenvalue weighted by atomic mass is 32.2. The topological polar surface area (TPSA) is 24.9 Å². The molecule has 1 N–H and O–H groups in total. The third-order valence-electron chi connectivity index (χ3n) is 2.85. The minimum Gasteiger partial charge on any atom is -0.308 e. The van der Waals surface area contributed by atoms with Crippen LogP contribution in [0.3, 0.4) is 0 Å². The van der Waals surface area contributed by atoms with E-state index in [1.807, 2.05) is 5.51 Å². The summed E-state index contributed by atoms with van der Waals surface area (Å²) in [5, 5.41) is 4.45. The summed E-state index contributed by atoms with van der Waals surface area (Å²) in [5.41, 5.74) is 3.12. The van der Waals surface area contributed by atoms with Gasteiger partial charge in [0.15, 0.2) is 0 Å². The zero-order valence-electron chi connectivity index (χ0n) is 9.32. The molecule has 0 amide bonds. The minimum absolute atomic E-state index is 0.457. The number of thiazole rings is 1. The van der Waals surface area contributed by atoms with Crippen LogP contribution in [0.25, 0.3) is 0 Å². The van der Waals surface area contributed by atoms with E-state index in [4.69, 9.17) is 0 Å². The summed E-state index contributed by atoms with van der Waals surface area (Å²) in [6, 6.07) is 0.457. The van der Waals surface area contributed by atoms with Gasteiger partial charge in [0, 0.05) is 22.7 Å². The number of aryl methyl sites for hydroxylation is 1. The quantitative estimate of drug-likeness (QED) is 0.878. The number of hydrogen-bond donors (Lipinski definition) is 1. The fourth-order valence-electron chi connectivity index (χ4n) is 1.93. The van der Waals surface area contributed by atoms with Gasteiger partial charge in [-0.15, -0.1) is 11.3 Å². The fraction of sp³-hybridized carbons (Fsp3) is 0.727. The van der Waals surface area contributed by atoms with E-state index in [2.05, 4.69) is 35.9 Å². The van der Waals surface area contributed by atoms with Crippen molar-refractivity contribution in [2.75, 3.05) is 12.3 Å². The predicted molar refractivity (Wildman–Crippen MR) is 68.7 cm³/mol. The second-order valence-corrected chi connectivity index (χ2v) is 6.36. The fourth-order valence-corrected chi connectivity index (χ4v) is 3.98. The summed E-state index contributed by atoms with van der Waals surface area (Å²) < 4.78 is 0. The van der Waals surface area contributed by atoms with E-state index in [-0.39, 0.29) is 0 Å². The van der Waals surface area contributed by atoms with Gasteiger partial charge in [0.2, 0.25) is 0 Å². The molecule has 2 rings (SSSR count). The highest BCUT2D eigenvalue weighted by molar-refractivity contribution is 8.00. The maximum Gasteiger partial charge on any atom is 0.0798 e. The Morgan fingerprint density at radius 1 is 1.67 bits per heavy atom. The molecule has 15 heavy (non-hydrogen) atoms. The van der Waals surface area contributed by atoms with Crippen LogP contribution in [0.4, 0.5) is 0 Å². The van der Waals surface area contributed by atoms with Crippen LogP contribution in [0.2, 0.25) is 0 Å². The standard InChI is InChI=1S/C11H18N2S2/c1-8(11-9(2)13-7-15-11)12-6-10-4-3-5-14-10/h7-8,10,12H,3-6H2,1-2H3. The summed E-state index contributed by atoms with van der Waals surface area (Å²) in [6.45, 7) is 5.47. The lowest BCUT2D eigenvalue weighted by molar-refractivity contribution is 0.563. The number of aromatic nitrogens is 1. The molecule has 2 nitrogen and oxygen atoms in total. The molecular weight excluding hydrogens is 224 g/mol. The van der Waals surface area contributed by atoms with Crippen molar-refractivity contribution in [1.82, 2.24) is 10.3 Å². The van der Waals surface area contributed by atoms with Crippen LogP contribution in [-0.2, 0) is 0 Å². The minimum atomic E-state index is 0.457. The summed E-state index contributed by atoms with van der Waals surface area (Å²) in [5.74, 6) is 1.35. The zero-order chi connectivity index (χ0) is 10.7. The molecule has 1 aromatic heterocycles. The normalized spacial score (nSPS) is 23.2. The summed E-state index contributed by atoms with van der Waals surface area (Å²) >= 11 is 3.87. The molecule has 1 aromatic rings. The number of rotatable bonds is 4. The van der Waals surface area contributed by atoms with Gasteiger partial charge < -0.3 is 5.32 Å². The molecule has 2 atom stereocenters. The molecule has 0 radical (unpaired) electrons. The first-order valence-corrected chi connectivity index (χ1v) is 7.45. The first-order valence-electron chi connectivity index (χ1n) is 5.52. The van der Waals surface area contributed by atoms with E-state index in [9.17, 15) is 0 Å². The molecule has 0 aliphatic carbocycles. The SMILES string of the molecule is Cc1ncsc1C(C)NCC1CCCS1. The van der Waals surface area contributed by atoms with E-state index >= 15 is 0 Å². The second kappa shape index (κ2) is 5.32. The molecule has 0 aromatic carbocycles. The first kappa shape index (κ1) is 11.4. The Hall–Kier alpha value is -0.0600. The van der Waals surface area contributed by atoms with Gasteiger partial charge in [-0.25, -0.2) is 4.98 Å². The predicted octanol–water partition coefficient (Wildman–Crippen LogP) is 3.00. The van der Waals surface area contributed by atoms with Crippen molar-refractivity contribution < 1.29 is 0 Å². The van der Waals surface area contributed by atoms with Crippen LogP contribution in [0.15, 0.2) is 5.51 Å². The molecule has 1 aliphatic rings. The summed E-state index contributed by atoms with van der Waals surface area (Å²) in [6.07, 6.45) is 2.77. The molecule has 2 unspecified atom stereocenters. The van der Waals surface area contributed by atoms with E-state index in [0.717, 1.165) is 11.8 Å². The van der Waals surface area contributed by atoms with Crippen LogP contribution in [0, 0.1) is 6.92 Å². The first-order chi connectivity index (χ1) is 7.27. The van der Waals surface area contributed by atoms with Crippen molar-refractivity contribution in [2.24, 2.45) is 0 Å². The molecule has 2 heterocycles. The van der Waals surface area contributed by atoms with Crippen LogP contribution < -0.4 is 5.32 Å². The van der Waals surface area contributed by atoms with Crippen molar-refractivity contribution in [3.05, 3.63) is 16.1 Å². The smallest absolute Gasteiger partial charge is 0.0798 e. The monoisotopic (exact) mass is 242 g/mol. The van der Waals surface area contributed by atoms with Gasteiger partial charge in [-0.2, -0.15) is 11.8 Å². The second-order valence-electron chi connectivity index (χ2n) is 4.07. The highest BCUT2D eigenvalue weighted by Gasteiger charge is 2.17. The molecule has 0 bridgehead atoms. The Morgan fingerprint density at radius 3 is 3.13 bits per heavy atom. The lowest BCUT2D eigenvalue weighted by Gasteiger charge is -2.15. The molecule has 1 saturated heterocycles. The molecule has 1 fully saturated rings. The van der Waals surface area contributed by atoms with Crippen LogP contribution in [-0.4, -0.2) is 22.5 Å². The van der Waals surface area contributed by atoms with Gasteiger partial charge in [-0.3, -0.25) is 0 Å². The van der Waals surface area contributed by atoms with Gasteiger partial charge in [0.05, 0.1) is 11.2 Å². The Morgan fingerprint density at radius 2 is 2.53 bits per heavy atom. The largest absolute Gasteiger partial charge is 0.308 e. The van der Waals surface area contributed by atoms with E-state index in [0.29, 0.717) is 6.04 Å². The molecule has 1 aliphatic heterocycles. The molecule has 4 heteroatoms. The van der Waals surface area contributed by atoms with Crippen molar-refractivity contribution in [3.63, 3.8) is 0 Å². The Labute approximate surface area is 99.9 Å². The lowest BCUT2D eigenvalue weighted by atomic mass is 10.2. The van der Waals surface area contributed by atoms with Gasteiger partial charge in [0.1, 0.15) is 0 Å². The molecule has 84 valence electrons. The van der Waals surface area contributed by atoms with Crippen LogP contribution in [0.5, 0.6) is 0 Å². The molecule has 0 spiro atoms. The summed E-state index contributed by atoms with van der Waals surface area (Å²) in [7, 11) is 0. The maximum absolute atomic E-state index is 4.29. The van der Waals surface area contributed by atoms with Crippen molar-refractivity contribution in [2.45, 2.75) is 38.0 Å². The third-order valence-corrected chi connectivity index (χ3v) is 5.36. The average Bonchev–Trinajstić information content (AvgIpc) is 2.84. The Kier molecular flexibility index (Phi) is 4.05. The van der Waals surface area contributed by atoms with Gasteiger partial charge >= 0.3 is 0 Å². The highest BCUT2D eigenvalue weighted by Crippen LogP contribution is 2.27. The van der Waals surface area contributed by atoms with Crippen molar-refractivity contribution in [1.29, 1.82) is 0 Å². The third kappa shape index (κ3) is 2.95. The Bertz CT molecular complexity index is 305. The zero-order valence-corrected chi connectivity index (χ0v) is 11.0. The number of thioether (sulfide) groups is 1. The average molecular weight is 242 g/mol. The number of hydrogen-bond acceptors (Lipinski definition) is 4. The molecular formula is C11H18N2S2. The van der Waals surface area contributed by atoms with E-state index in [1.165, 1.54) is 29.2 Å². The number of nitrogens with zero attached hydrogens (tertiary/aromatic N) is 1. The summed E-state index contributed by atoms with van der Waals surface area (Å²) in [4.78, 5) is 5.68. The number of nitrogens with one attached hydrogen (secondary N) is 1. The Balaban J connectivity index is 1.81. The molecule has 0 saturated carbocycles. The van der Waals surface area contributed by atoms with Crippen molar-refractivity contribution in [3.8, 4) is 0 Å². The van der Waals surface area contributed by atoms with Crippen molar-refractivity contribution >= 4 is 23.1 Å². The van der Waals surface area contributed by atoms with Crippen LogP contribution >= 0.6 is 23.1 Å². The lowest BCUT2D eigenvalue weighted by Crippen LogP contribution is -2.26. The maximum atomic E-state index is 4.29.